The molecule has 0 aliphatic rings. The van der Waals surface area contributed by atoms with Crippen molar-refractivity contribution in [1.29, 1.82) is 0 Å². The lowest BCUT2D eigenvalue weighted by molar-refractivity contribution is -0.161. The van der Waals surface area contributed by atoms with Crippen LogP contribution in [0, 0.1) is 0 Å². The molecule has 3 N–H and O–H groups in total. The first-order chi connectivity index (χ1) is 29.8. The van der Waals surface area contributed by atoms with E-state index in [1.807, 2.05) is 12.2 Å². The van der Waals surface area contributed by atoms with Crippen LogP contribution >= 0.6 is 7.82 Å². The van der Waals surface area contributed by atoms with Crippen molar-refractivity contribution in [3.63, 3.8) is 0 Å². The Kier molecular flexibility index (Phi) is 45.0. The first-order valence-corrected chi connectivity index (χ1v) is 25.9. The van der Waals surface area contributed by atoms with Crippen LogP contribution in [-0.4, -0.2) is 49.3 Å². The van der Waals surface area contributed by atoms with Crippen molar-refractivity contribution < 1.29 is 37.6 Å². The van der Waals surface area contributed by atoms with Gasteiger partial charge in [-0.05, 0) is 51.4 Å². The van der Waals surface area contributed by atoms with Crippen molar-refractivity contribution in [2.45, 2.75) is 213 Å². The smallest absolute Gasteiger partial charge is 0.462 e. The van der Waals surface area contributed by atoms with Crippen molar-refractivity contribution in [3.8, 4) is 0 Å². The molecule has 0 aliphatic carbocycles. The highest BCUT2D eigenvalue weighted by Crippen LogP contribution is 2.43. The largest absolute Gasteiger partial charge is 0.472 e. The Morgan fingerprint density at radius 2 is 0.902 bits per heavy atom. The number of allylic oxidation sites excluding steroid dienone is 12. The molecule has 0 aliphatic heterocycles. The molecule has 0 radical (unpaired) electrons. The van der Waals surface area contributed by atoms with Crippen molar-refractivity contribution in [2.24, 2.45) is 5.73 Å². The summed E-state index contributed by atoms with van der Waals surface area (Å²) in [6.07, 6.45) is 58.1. The molecule has 0 fully saturated rings. The minimum absolute atomic E-state index is 0.0419. The maximum atomic E-state index is 12.6. The van der Waals surface area contributed by atoms with Crippen LogP contribution in [0.15, 0.2) is 72.9 Å². The van der Waals surface area contributed by atoms with Gasteiger partial charge in [-0.3, -0.25) is 18.6 Å². The number of carbonyl (C=O) groups excluding carboxylic acids is 2. The van der Waals surface area contributed by atoms with Gasteiger partial charge in [-0.2, -0.15) is 0 Å². The number of phosphoric ester groups is 1. The number of hydrogen-bond acceptors (Lipinski definition) is 8. The van der Waals surface area contributed by atoms with Crippen LogP contribution < -0.4 is 5.73 Å². The third-order valence-electron chi connectivity index (χ3n) is 10.1. The molecule has 0 saturated heterocycles. The van der Waals surface area contributed by atoms with Gasteiger partial charge in [0.2, 0.25) is 0 Å². The van der Waals surface area contributed by atoms with E-state index >= 15 is 0 Å². The van der Waals surface area contributed by atoms with Gasteiger partial charge >= 0.3 is 19.8 Å². The van der Waals surface area contributed by atoms with Gasteiger partial charge in [-0.25, -0.2) is 4.57 Å². The number of ether oxygens (including phenoxy) is 2. The number of esters is 2. The Hall–Kier alpha value is -2.55. The lowest BCUT2D eigenvalue weighted by Gasteiger charge is -2.19. The number of hydrogen-bond donors (Lipinski definition) is 2. The van der Waals surface area contributed by atoms with Gasteiger partial charge in [0.15, 0.2) is 6.10 Å². The number of rotatable bonds is 45. The number of phosphoric acid groups is 1. The maximum Gasteiger partial charge on any atom is 0.472 e. The number of nitrogens with two attached hydrogens (primary N) is 1. The molecule has 10 heteroatoms. The highest BCUT2D eigenvalue weighted by Gasteiger charge is 2.26. The second kappa shape index (κ2) is 46.9. The second-order valence-electron chi connectivity index (χ2n) is 16.0. The molecule has 2 atom stereocenters. The van der Waals surface area contributed by atoms with Gasteiger partial charge in [0.25, 0.3) is 0 Å². The van der Waals surface area contributed by atoms with Crippen LogP contribution in [0.4, 0.5) is 0 Å². The molecule has 9 nitrogen and oxygen atoms in total. The monoisotopic (exact) mass is 876 g/mol. The minimum Gasteiger partial charge on any atom is -0.462 e. The Morgan fingerprint density at radius 3 is 1.31 bits per heavy atom. The number of unbranched alkanes of at least 4 members (excludes halogenated alkanes) is 20. The van der Waals surface area contributed by atoms with Crippen molar-refractivity contribution in [2.75, 3.05) is 26.4 Å². The lowest BCUT2D eigenvalue weighted by atomic mass is 10.0. The van der Waals surface area contributed by atoms with Gasteiger partial charge in [-0.1, -0.05) is 215 Å². The Balaban J connectivity index is 4.17. The fourth-order valence-electron chi connectivity index (χ4n) is 6.54. The van der Waals surface area contributed by atoms with Crippen LogP contribution in [-0.2, 0) is 32.7 Å². The van der Waals surface area contributed by atoms with Gasteiger partial charge < -0.3 is 20.1 Å². The summed E-state index contributed by atoms with van der Waals surface area (Å²) in [5.41, 5.74) is 5.36. The van der Waals surface area contributed by atoms with Crippen LogP contribution in [0.2, 0.25) is 0 Å². The van der Waals surface area contributed by atoms with E-state index < -0.39 is 32.5 Å². The summed E-state index contributed by atoms with van der Waals surface area (Å²) < 4.78 is 32.8. The molecule has 0 bridgehead atoms. The van der Waals surface area contributed by atoms with Crippen LogP contribution in [0.3, 0.4) is 0 Å². The lowest BCUT2D eigenvalue weighted by Crippen LogP contribution is -2.29. The molecule has 0 aromatic carbocycles. The predicted octanol–water partition coefficient (Wildman–Crippen LogP) is 14.6. The average Bonchev–Trinajstić information content (AvgIpc) is 3.25. The Bertz CT molecular complexity index is 1230. The summed E-state index contributed by atoms with van der Waals surface area (Å²) in [4.78, 5) is 35.0. The topological polar surface area (TPSA) is 134 Å². The summed E-state index contributed by atoms with van der Waals surface area (Å²) in [5, 5.41) is 0. The predicted molar refractivity (Wildman–Crippen MR) is 256 cm³/mol. The quantitative estimate of drug-likeness (QED) is 0.0265. The van der Waals surface area contributed by atoms with E-state index in [2.05, 4.69) is 74.6 Å². The highest BCUT2D eigenvalue weighted by molar-refractivity contribution is 7.47. The average molecular weight is 876 g/mol. The molecule has 61 heavy (non-hydrogen) atoms. The third-order valence-corrected chi connectivity index (χ3v) is 11.1. The fourth-order valence-corrected chi connectivity index (χ4v) is 7.31. The van der Waals surface area contributed by atoms with Crippen LogP contribution in [0.5, 0.6) is 0 Å². The maximum absolute atomic E-state index is 12.6. The van der Waals surface area contributed by atoms with Gasteiger partial charge in [0.05, 0.1) is 13.2 Å². The molecule has 0 spiro atoms. The fraction of sp³-hybridized carbons (Fsp3) is 0.725. The van der Waals surface area contributed by atoms with Crippen molar-refractivity contribution in [1.82, 2.24) is 0 Å². The Morgan fingerprint density at radius 1 is 0.508 bits per heavy atom. The molecule has 0 heterocycles. The summed E-state index contributed by atoms with van der Waals surface area (Å²) in [7, 11) is -4.40. The zero-order valence-electron chi connectivity index (χ0n) is 38.9. The minimum atomic E-state index is -4.40. The van der Waals surface area contributed by atoms with Crippen molar-refractivity contribution >= 4 is 19.8 Å². The summed E-state index contributed by atoms with van der Waals surface area (Å²) >= 11 is 0. The molecule has 352 valence electrons. The highest BCUT2D eigenvalue weighted by atomic mass is 31.2. The molecule has 0 saturated carbocycles. The zero-order valence-corrected chi connectivity index (χ0v) is 39.8. The molecule has 0 aromatic rings. The van der Waals surface area contributed by atoms with E-state index in [4.69, 9.17) is 24.3 Å². The molecule has 0 rings (SSSR count). The normalized spacial score (nSPS) is 13.8. The van der Waals surface area contributed by atoms with Gasteiger partial charge in [-0.15, -0.1) is 0 Å². The molecule has 2 unspecified atom stereocenters. The zero-order chi connectivity index (χ0) is 44.6. The summed E-state index contributed by atoms with van der Waals surface area (Å²) in [6, 6.07) is 0. The molecule has 0 aromatic heterocycles. The molecular weight excluding hydrogens is 786 g/mol. The van der Waals surface area contributed by atoms with E-state index in [9.17, 15) is 19.0 Å². The van der Waals surface area contributed by atoms with E-state index in [0.29, 0.717) is 12.8 Å². The molecular formula is C51H90NO8P. The first-order valence-electron chi connectivity index (χ1n) is 24.4. The third kappa shape index (κ3) is 46.8. The molecule has 0 amide bonds. The van der Waals surface area contributed by atoms with Crippen LogP contribution in [0.25, 0.3) is 0 Å². The van der Waals surface area contributed by atoms with Crippen molar-refractivity contribution in [3.05, 3.63) is 72.9 Å². The standard InChI is InChI=1S/C51H90NO8P/c1-3-5-7-9-11-13-15-17-19-21-23-24-26-28-30-32-34-36-38-40-42-44-51(54)60-49(48-59-61(55,56)58-46-45-52)47-57-50(53)43-41-39-37-35-33-31-29-27-25-22-20-18-16-14-12-10-8-6-4-2/h6,8,12,14,18,20,25,27,31,33,37,39,49H,3-5,7,9-11,13,15-17,19,21-24,26,28-30,32,34-36,38,40-48,52H2,1-2H3,(H,55,56). The van der Waals surface area contributed by atoms with Gasteiger partial charge in [0.1, 0.15) is 6.61 Å². The number of carbonyl (C=O) groups is 2. The second-order valence-corrected chi connectivity index (χ2v) is 17.4. The van der Waals surface area contributed by atoms with Gasteiger partial charge in [0, 0.05) is 19.4 Å². The first kappa shape index (κ1) is 58.5. The Labute approximate surface area is 373 Å². The van der Waals surface area contributed by atoms with E-state index in [-0.39, 0.29) is 32.6 Å². The van der Waals surface area contributed by atoms with E-state index in [1.165, 1.54) is 109 Å². The SMILES string of the molecule is CCC=CCC=CCC=CCC=CCC=CCC=CCCC(=O)OCC(COP(=O)(O)OCCN)OC(=O)CCCCCCCCCCCCCCCCCCCCCCC. The summed E-state index contributed by atoms with van der Waals surface area (Å²) in [5.74, 6) is -0.924. The van der Waals surface area contributed by atoms with E-state index in [1.54, 1.807) is 0 Å². The summed E-state index contributed by atoms with van der Waals surface area (Å²) in [6.45, 7) is 3.55. The van der Waals surface area contributed by atoms with E-state index in [0.717, 1.165) is 57.8 Å². The van der Waals surface area contributed by atoms with Crippen LogP contribution in [0.1, 0.15) is 206 Å².